The second kappa shape index (κ2) is 7.66. The number of piperazine rings is 1. The minimum absolute atomic E-state index is 0.0355. The molecule has 24 heavy (non-hydrogen) atoms. The lowest BCUT2D eigenvalue weighted by molar-refractivity contribution is 0.0884. The monoisotopic (exact) mass is 332 g/mol. The zero-order chi connectivity index (χ0) is 17.9. The largest absolute Gasteiger partial charge is 0.496 e. The number of methoxy groups -OCH3 is 1. The molecule has 0 saturated carbocycles. The van der Waals surface area contributed by atoms with Crippen molar-refractivity contribution < 1.29 is 9.53 Å². The van der Waals surface area contributed by atoms with E-state index in [0.29, 0.717) is 0 Å². The van der Waals surface area contributed by atoms with Crippen LogP contribution in [0.25, 0.3) is 0 Å². The third-order valence-corrected chi connectivity index (χ3v) is 4.70. The SMILES string of the molecule is COc1c(C(=O)C(C)CN2CCNCC2)cc(C)cc1C(C)(C)C. The predicted molar refractivity (Wildman–Crippen MR) is 99.2 cm³/mol. The molecule has 4 heteroatoms. The van der Waals surface area contributed by atoms with Crippen LogP contribution >= 0.6 is 0 Å². The highest BCUT2D eigenvalue weighted by Gasteiger charge is 2.27. The lowest BCUT2D eigenvalue weighted by atomic mass is 9.82. The third-order valence-electron chi connectivity index (χ3n) is 4.70. The summed E-state index contributed by atoms with van der Waals surface area (Å²) in [6.07, 6.45) is 0. The Bertz CT molecular complexity index is 584. The van der Waals surface area contributed by atoms with Crippen molar-refractivity contribution in [2.24, 2.45) is 5.92 Å². The summed E-state index contributed by atoms with van der Waals surface area (Å²) in [5.74, 6) is 0.886. The van der Waals surface area contributed by atoms with E-state index in [2.05, 4.69) is 37.1 Å². The molecule has 0 bridgehead atoms. The summed E-state index contributed by atoms with van der Waals surface area (Å²) in [6.45, 7) is 15.4. The fraction of sp³-hybridized carbons (Fsp3) is 0.650. The van der Waals surface area contributed by atoms with Gasteiger partial charge in [0, 0.05) is 44.2 Å². The summed E-state index contributed by atoms with van der Waals surface area (Å²) in [7, 11) is 1.66. The molecule has 1 heterocycles. The highest BCUT2D eigenvalue weighted by molar-refractivity contribution is 6.01. The van der Waals surface area contributed by atoms with Crippen LogP contribution in [0.15, 0.2) is 12.1 Å². The first kappa shape index (κ1) is 18.9. The van der Waals surface area contributed by atoms with Crippen molar-refractivity contribution in [3.05, 3.63) is 28.8 Å². The number of rotatable bonds is 5. The number of hydrogen-bond acceptors (Lipinski definition) is 4. The Morgan fingerprint density at radius 3 is 2.46 bits per heavy atom. The van der Waals surface area contributed by atoms with Gasteiger partial charge in [-0.25, -0.2) is 0 Å². The van der Waals surface area contributed by atoms with Crippen LogP contribution in [0.3, 0.4) is 0 Å². The second-order valence-electron chi connectivity index (χ2n) is 7.96. The highest BCUT2D eigenvalue weighted by Crippen LogP contribution is 2.36. The standard InChI is InChI=1S/C20H32N2O2/c1-14-11-16(19(24-6)17(12-14)20(3,4)5)18(23)15(2)13-22-9-7-21-8-10-22/h11-12,15,21H,7-10,13H2,1-6H3. The van der Waals surface area contributed by atoms with Crippen molar-refractivity contribution in [2.75, 3.05) is 39.8 Å². The quantitative estimate of drug-likeness (QED) is 0.842. The Morgan fingerprint density at radius 1 is 1.29 bits per heavy atom. The molecule has 0 spiro atoms. The van der Waals surface area contributed by atoms with Gasteiger partial charge in [0.25, 0.3) is 0 Å². The average Bonchev–Trinajstić information content (AvgIpc) is 2.53. The molecule has 1 atom stereocenters. The van der Waals surface area contributed by atoms with Crippen LogP contribution in [0, 0.1) is 12.8 Å². The molecule has 1 aromatic rings. The van der Waals surface area contributed by atoms with Crippen molar-refractivity contribution in [2.45, 2.75) is 40.0 Å². The molecule has 134 valence electrons. The number of carbonyl (C=O) groups excluding carboxylic acids is 1. The van der Waals surface area contributed by atoms with Gasteiger partial charge in [-0.1, -0.05) is 33.8 Å². The van der Waals surface area contributed by atoms with Crippen LogP contribution < -0.4 is 10.1 Å². The van der Waals surface area contributed by atoms with Gasteiger partial charge in [-0.2, -0.15) is 0 Å². The number of nitrogens with zero attached hydrogens (tertiary/aromatic N) is 1. The van der Waals surface area contributed by atoms with Crippen molar-refractivity contribution in [1.82, 2.24) is 10.2 Å². The van der Waals surface area contributed by atoms with Gasteiger partial charge >= 0.3 is 0 Å². The Labute approximate surface area is 146 Å². The van der Waals surface area contributed by atoms with E-state index >= 15 is 0 Å². The van der Waals surface area contributed by atoms with Gasteiger partial charge in [0.1, 0.15) is 5.75 Å². The lowest BCUT2D eigenvalue weighted by Crippen LogP contribution is -2.45. The Morgan fingerprint density at radius 2 is 1.92 bits per heavy atom. The summed E-state index contributed by atoms with van der Waals surface area (Å²) in [6, 6.07) is 4.11. The molecule has 1 aliphatic heterocycles. The van der Waals surface area contributed by atoms with Crippen LogP contribution in [0.4, 0.5) is 0 Å². The molecule has 1 N–H and O–H groups in total. The fourth-order valence-corrected chi connectivity index (χ4v) is 3.36. The minimum atomic E-state index is -0.0613. The summed E-state index contributed by atoms with van der Waals surface area (Å²) >= 11 is 0. The van der Waals surface area contributed by atoms with Crippen molar-refractivity contribution >= 4 is 5.78 Å². The second-order valence-corrected chi connectivity index (χ2v) is 7.96. The van der Waals surface area contributed by atoms with Gasteiger partial charge in [0.2, 0.25) is 0 Å². The van der Waals surface area contributed by atoms with Crippen molar-refractivity contribution in [1.29, 1.82) is 0 Å². The van der Waals surface area contributed by atoms with E-state index in [4.69, 9.17) is 4.74 Å². The maximum atomic E-state index is 13.1. The van der Waals surface area contributed by atoms with E-state index in [9.17, 15) is 4.79 Å². The molecule has 4 nitrogen and oxygen atoms in total. The predicted octanol–water partition coefficient (Wildman–Crippen LogP) is 3.03. The average molecular weight is 332 g/mol. The van der Waals surface area contributed by atoms with E-state index in [0.717, 1.165) is 55.2 Å². The van der Waals surface area contributed by atoms with Gasteiger partial charge in [-0.15, -0.1) is 0 Å². The fourth-order valence-electron chi connectivity index (χ4n) is 3.36. The molecular formula is C20H32N2O2. The molecule has 1 unspecified atom stereocenters. The molecule has 2 rings (SSSR count). The maximum absolute atomic E-state index is 13.1. The molecule has 1 saturated heterocycles. The molecule has 1 aliphatic rings. The smallest absolute Gasteiger partial charge is 0.170 e. The van der Waals surface area contributed by atoms with Crippen LogP contribution in [-0.2, 0) is 5.41 Å². The first-order valence-electron chi connectivity index (χ1n) is 8.90. The van der Waals surface area contributed by atoms with Gasteiger partial charge in [0.05, 0.1) is 12.7 Å². The molecule has 0 aromatic heterocycles. The Balaban J connectivity index is 2.29. The molecule has 0 aliphatic carbocycles. The minimum Gasteiger partial charge on any atom is -0.496 e. The number of aryl methyl sites for hydroxylation is 1. The number of ketones is 1. The zero-order valence-corrected chi connectivity index (χ0v) is 16.0. The molecule has 0 radical (unpaired) electrons. The van der Waals surface area contributed by atoms with Crippen molar-refractivity contribution in [3.63, 3.8) is 0 Å². The summed E-state index contributed by atoms with van der Waals surface area (Å²) < 4.78 is 5.67. The van der Waals surface area contributed by atoms with E-state index in [1.807, 2.05) is 19.9 Å². The van der Waals surface area contributed by atoms with E-state index in [-0.39, 0.29) is 17.1 Å². The maximum Gasteiger partial charge on any atom is 0.170 e. The van der Waals surface area contributed by atoms with Crippen molar-refractivity contribution in [3.8, 4) is 5.75 Å². The molecular weight excluding hydrogens is 300 g/mol. The zero-order valence-electron chi connectivity index (χ0n) is 16.0. The number of ether oxygens (including phenoxy) is 1. The molecule has 1 fully saturated rings. The van der Waals surface area contributed by atoms with Crippen LogP contribution in [0.2, 0.25) is 0 Å². The van der Waals surface area contributed by atoms with E-state index in [1.54, 1.807) is 7.11 Å². The molecule has 0 amide bonds. The third kappa shape index (κ3) is 4.37. The number of benzene rings is 1. The Hall–Kier alpha value is -1.39. The van der Waals surface area contributed by atoms with Gasteiger partial charge in [-0.3, -0.25) is 4.79 Å². The number of nitrogens with one attached hydrogen (secondary N) is 1. The normalized spacial score (nSPS) is 17.6. The van der Waals surface area contributed by atoms with E-state index in [1.165, 1.54) is 0 Å². The number of carbonyl (C=O) groups is 1. The first-order valence-corrected chi connectivity index (χ1v) is 8.90. The lowest BCUT2D eigenvalue weighted by Gasteiger charge is -2.30. The van der Waals surface area contributed by atoms with Crippen LogP contribution in [0.1, 0.15) is 49.2 Å². The Kier molecular flexibility index (Phi) is 6.05. The number of hydrogen-bond donors (Lipinski definition) is 1. The summed E-state index contributed by atoms with van der Waals surface area (Å²) in [5, 5.41) is 3.35. The molecule has 1 aromatic carbocycles. The van der Waals surface area contributed by atoms with Crippen LogP contribution in [0.5, 0.6) is 5.75 Å². The summed E-state index contributed by atoms with van der Waals surface area (Å²) in [5.41, 5.74) is 2.87. The van der Waals surface area contributed by atoms with Crippen LogP contribution in [-0.4, -0.2) is 50.5 Å². The van der Waals surface area contributed by atoms with Gasteiger partial charge in [0.15, 0.2) is 5.78 Å². The topological polar surface area (TPSA) is 41.6 Å². The first-order chi connectivity index (χ1) is 11.2. The number of Topliss-reactive ketones (excluding diaryl/α,β-unsaturated/α-hetero) is 1. The highest BCUT2D eigenvalue weighted by atomic mass is 16.5. The summed E-state index contributed by atoms with van der Waals surface area (Å²) in [4.78, 5) is 15.5. The van der Waals surface area contributed by atoms with Gasteiger partial charge in [-0.05, 0) is 24.0 Å². The van der Waals surface area contributed by atoms with E-state index < -0.39 is 0 Å². The van der Waals surface area contributed by atoms with Gasteiger partial charge < -0.3 is 15.0 Å².